The lowest BCUT2D eigenvalue weighted by Crippen LogP contribution is -2.44. The van der Waals surface area contributed by atoms with Crippen molar-refractivity contribution in [3.05, 3.63) is 47.8 Å². The van der Waals surface area contributed by atoms with Crippen molar-refractivity contribution in [2.45, 2.75) is 45.1 Å². The number of hydrogen-bond acceptors (Lipinski definition) is 4. The Kier molecular flexibility index (Phi) is 5.75. The van der Waals surface area contributed by atoms with E-state index in [-0.39, 0.29) is 35.1 Å². The molecule has 3 N–H and O–H groups in total. The number of carbonyl (C=O) groups excluding carboxylic acids is 3. The molecule has 1 aromatic heterocycles. The number of nitrogens with one attached hydrogen (secondary N) is 3. The van der Waals surface area contributed by atoms with E-state index < -0.39 is 11.3 Å². The number of halogens is 1. The van der Waals surface area contributed by atoms with E-state index in [0.717, 1.165) is 12.1 Å². The van der Waals surface area contributed by atoms with Gasteiger partial charge < -0.3 is 20.5 Å². The highest BCUT2D eigenvalue weighted by Crippen LogP contribution is 2.46. The van der Waals surface area contributed by atoms with Crippen molar-refractivity contribution in [3.8, 4) is 0 Å². The van der Waals surface area contributed by atoms with E-state index in [1.54, 1.807) is 24.0 Å². The summed E-state index contributed by atoms with van der Waals surface area (Å²) < 4.78 is 13.2. The van der Waals surface area contributed by atoms with Gasteiger partial charge in [0.1, 0.15) is 11.5 Å². The molecule has 9 heteroatoms. The number of carbonyl (C=O) groups is 3. The Bertz CT molecular complexity index is 979. The molecule has 2 heterocycles. The number of rotatable bonds is 5. The molecule has 1 aliphatic heterocycles. The molecule has 1 aliphatic carbocycles. The number of nitrogens with zero attached hydrogens (tertiary/aromatic N) is 2. The topological polar surface area (TPSA) is 107 Å². The first-order valence-corrected chi connectivity index (χ1v) is 10.6. The van der Waals surface area contributed by atoms with Gasteiger partial charge in [0.15, 0.2) is 5.69 Å². The smallest absolute Gasteiger partial charge is 0.272 e. The summed E-state index contributed by atoms with van der Waals surface area (Å²) >= 11 is 0. The minimum Gasteiger partial charge on any atom is -0.351 e. The van der Waals surface area contributed by atoms with Crippen LogP contribution in [-0.4, -0.2) is 46.8 Å². The van der Waals surface area contributed by atoms with Crippen molar-refractivity contribution in [2.24, 2.45) is 5.41 Å². The van der Waals surface area contributed by atoms with Crippen molar-refractivity contribution in [2.75, 3.05) is 18.0 Å². The Morgan fingerprint density at radius 3 is 2.58 bits per heavy atom. The van der Waals surface area contributed by atoms with Crippen LogP contribution in [0.1, 0.15) is 60.0 Å². The largest absolute Gasteiger partial charge is 0.351 e. The first-order chi connectivity index (χ1) is 14.9. The molecule has 2 aromatic rings. The molecular weight excluding hydrogens is 401 g/mol. The standard InChI is InChI=1S/C22H26FN5O3/c1-2-24-19(29)17-18(26-13-25-17)20(30)27-15-7-9-22(10-8-15)11-12-28(21(22)31)16-5-3-14(23)4-6-16/h3-6,13,15H,2,7-12H2,1H3,(H,24,29)(H,25,26)(H,27,30)/t15-,22-. The third kappa shape index (κ3) is 4.04. The van der Waals surface area contributed by atoms with Crippen molar-refractivity contribution >= 4 is 23.4 Å². The van der Waals surface area contributed by atoms with E-state index in [0.29, 0.717) is 38.8 Å². The third-order valence-electron chi connectivity index (χ3n) is 6.35. The van der Waals surface area contributed by atoms with Gasteiger partial charge in [-0.2, -0.15) is 0 Å². The second kappa shape index (κ2) is 8.49. The Morgan fingerprint density at radius 1 is 1.19 bits per heavy atom. The molecule has 2 aliphatic rings. The van der Waals surface area contributed by atoms with Crippen molar-refractivity contribution in [1.29, 1.82) is 0 Å². The van der Waals surface area contributed by atoms with Gasteiger partial charge in [-0.15, -0.1) is 0 Å². The molecule has 3 amide bonds. The lowest BCUT2D eigenvalue weighted by atomic mass is 9.71. The van der Waals surface area contributed by atoms with Crippen LogP contribution < -0.4 is 15.5 Å². The Hall–Kier alpha value is -3.23. The van der Waals surface area contributed by atoms with Gasteiger partial charge in [-0.3, -0.25) is 14.4 Å². The predicted molar refractivity (Wildman–Crippen MR) is 112 cm³/mol. The highest BCUT2D eigenvalue weighted by Gasteiger charge is 2.48. The van der Waals surface area contributed by atoms with E-state index in [1.165, 1.54) is 18.5 Å². The first kappa shape index (κ1) is 21.0. The first-order valence-electron chi connectivity index (χ1n) is 10.6. The van der Waals surface area contributed by atoms with E-state index in [4.69, 9.17) is 0 Å². The van der Waals surface area contributed by atoms with Crippen molar-refractivity contribution < 1.29 is 18.8 Å². The maximum atomic E-state index is 13.2. The molecule has 2 fully saturated rings. The maximum absolute atomic E-state index is 13.2. The Balaban J connectivity index is 1.37. The highest BCUT2D eigenvalue weighted by molar-refractivity contribution is 6.05. The number of aromatic nitrogens is 2. The lowest BCUT2D eigenvalue weighted by Gasteiger charge is -2.36. The minimum absolute atomic E-state index is 0.0747. The van der Waals surface area contributed by atoms with Gasteiger partial charge in [-0.05, 0) is 63.3 Å². The van der Waals surface area contributed by atoms with Gasteiger partial charge in [0.2, 0.25) is 5.91 Å². The highest BCUT2D eigenvalue weighted by atomic mass is 19.1. The molecular formula is C22H26FN5O3. The number of benzene rings is 1. The van der Waals surface area contributed by atoms with Crippen LogP contribution in [0.15, 0.2) is 30.6 Å². The summed E-state index contributed by atoms with van der Waals surface area (Å²) in [6, 6.07) is 5.92. The second-order valence-corrected chi connectivity index (χ2v) is 8.20. The van der Waals surface area contributed by atoms with Crippen LogP contribution >= 0.6 is 0 Å². The van der Waals surface area contributed by atoms with E-state index >= 15 is 0 Å². The third-order valence-corrected chi connectivity index (χ3v) is 6.35. The zero-order valence-corrected chi connectivity index (χ0v) is 17.4. The minimum atomic E-state index is -0.422. The van der Waals surface area contributed by atoms with Gasteiger partial charge >= 0.3 is 0 Å². The van der Waals surface area contributed by atoms with Crippen LogP contribution in [0.25, 0.3) is 0 Å². The number of imidazole rings is 1. The molecule has 31 heavy (non-hydrogen) atoms. The van der Waals surface area contributed by atoms with Crippen molar-refractivity contribution in [3.63, 3.8) is 0 Å². The average molecular weight is 427 g/mol. The summed E-state index contributed by atoms with van der Waals surface area (Å²) in [6.07, 6.45) is 4.79. The number of aromatic amines is 1. The molecule has 0 unspecified atom stereocenters. The fourth-order valence-corrected chi connectivity index (χ4v) is 4.61. The van der Waals surface area contributed by atoms with Crippen LogP contribution in [0.4, 0.5) is 10.1 Å². The van der Waals surface area contributed by atoms with Gasteiger partial charge in [-0.1, -0.05) is 0 Å². The van der Waals surface area contributed by atoms with E-state index in [9.17, 15) is 18.8 Å². The summed E-state index contributed by atoms with van der Waals surface area (Å²) in [7, 11) is 0. The average Bonchev–Trinajstić information content (AvgIpc) is 3.37. The molecule has 0 radical (unpaired) electrons. The van der Waals surface area contributed by atoms with Gasteiger partial charge in [0.05, 0.1) is 11.7 Å². The van der Waals surface area contributed by atoms with Gasteiger partial charge in [-0.25, -0.2) is 9.37 Å². The second-order valence-electron chi connectivity index (χ2n) is 8.20. The molecule has 0 atom stereocenters. The summed E-state index contributed by atoms with van der Waals surface area (Å²) in [5.74, 6) is -1.01. The van der Waals surface area contributed by atoms with Crippen LogP contribution in [0, 0.1) is 11.2 Å². The molecule has 4 rings (SSSR count). The molecule has 1 saturated heterocycles. The number of hydrogen-bond donors (Lipinski definition) is 3. The normalized spacial score (nSPS) is 23.2. The quantitative estimate of drug-likeness (QED) is 0.681. The Morgan fingerprint density at radius 2 is 1.90 bits per heavy atom. The summed E-state index contributed by atoms with van der Waals surface area (Å²) in [5.41, 5.74) is 0.516. The number of amides is 3. The summed E-state index contributed by atoms with van der Waals surface area (Å²) in [4.78, 5) is 46.3. The van der Waals surface area contributed by atoms with Crippen LogP contribution in [0.5, 0.6) is 0 Å². The van der Waals surface area contributed by atoms with Gasteiger partial charge in [0.25, 0.3) is 11.8 Å². The zero-order chi connectivity index (χ0) is 22.0. The van der Waals surface area contributed by atoms with Crippen molar-refractivity contribution in [1.82, 2.24) is 20.6 Å². The molecule has 164 valence electrons. The van der Waals surface area contributed by atoms with E-state index in [2.05, 4.69) is 20.6 Å². The van der Waals surface area contributed by atoms with Crippen LogP contribution in [-0.2, 0) is 4.79 Å². The molecule has 1 saturated carbocycles. The van der Waals surface area contributed by atoms with Crippen LogP contribution in [0.2, 0.25) is 0 Å². The van der Waals surface area contributed by atoms with Crippen LogP contribution in [0.3, 0.4) is 0 Å². The summed E-state index contributed by atoms with van der Waals surface area (Å²) in [6.45, 7) is 2.87. The molecule has 1 aromatic carbocycles. The number of anilines is 1. The lowest BCUT2D eigenvalue weighted by molar-refractivity contribution is -0.127. The SMILES string of the molecule is CCNC(=O)c1[nH]cnc1C(=O)N[C@H]1CC[C@@]2(CCN(c3ccc(F)cc3)C2=O)CC1. The molecule has 8 nitrogen and oxygen atoms in total. The summed E-state index contributed by atoms with van der Waals surface area (Å²) in [5, 5.41) is 5.61. The van der Waals surface area contributed by atoms with Gasteiger partial charge in [0, 0.05) is 24.8 Å². The fourth-order valence-electron chi connectivity index (χ4n) is 4.61. The molecule has 1 spiro atoms. The predicted octanol–water partition coefficient (Wildman–Crippen LogP) is 2.39. The monoisotopic (exact) mass is 427 g/mol. The maximum Gasteiger partial charge on any atom is 0.272 e. The zero-order valence-electron chi connectivity index (χ0n) is 17.4. The Labute approximate surface area is 179 Å². The number of H-pyrrole nitrogens is 1. The fraction of sp³-hybridized carbons (Fsp3) is 0.455. The molecule has 0 bridgehead atoms. The van der Waals surface area contributed by atoms with E-state index in [1.807, 2.05) is 0 Å².